The van der Waals surface area contributed by atoms with Gasteiger partial charge in [0, 0.05) is 13.0 Å². The van der Waals surface area contributed by atoms with Gasteiger partial charge in [0.15, 0.2) is 5.78 Å². The summed E-state index contributed by atoms with van der Waals surface area (Å²) < 4.78 is 11.4. The molecule has 0 bridgehead atoms. The fraction of sp³-hybridized carbons (Fsp3) is 0.923. The molecule has 2 saturated carbocycles. The van der Waals surface area contributed by atoms with Gasteiger partial charge in [-0.25, -0.2) is 0 Å². The zero-order valence-corrected chi connectivity index (χ0v) is 10.1. The molecule has 2 aliphatic rings. The Morgan fingerprint density at radius 2 is 1.88 bits per heavy atom. The summed E-state index contributed by atoms with van der Waals surface area (Å²) in [7, 11) is 0. The van der Waals surface area contributed by atoms with Crippen LogP contribution in [0.15, 0.2) is 0 Å². The molecule has 0 radical (unpaired) electrons. The molecule has 2 atom stereocenters. The highest BCUT2D eigenvalue weighted by atomic mass is 16.6. The molecule has 0 saturated heterocycles. The molecule has 92 valence electrons. The van der Waals surface area contributed by atoms with Gasteiger partial charge >= 0.3 is 0 Å². The second-order valence-electron chi connectivity index (χ2n) is 4.83. The molecule has 0 spiro atoms. The fourth-order valence-corrected chi connectivity index (χ4v) is 2.59. The predicted octanol–water partition coefficient (Wildman–Crippen LogP) is 2.47. The summed E-state index contributed by atoms with van der Waals surface area (Å²) in [5.74, 6) is 0.209. The maximum atomic E-state index is 11.3. The summed E-state index contributed by atoms with van der Waals surface area (Å²) in [5, 5.41) is 0. The van der Waals surface area contributed by atoms with Gasteiger partial charge in [0.05, 0.1) is 12.2 Å². The molecule has 3 nitrogen and oxygen atoms in total. The van der Waals surface area contributed by atoms with Crippen LogP contribution >= 0.6 is 0 Å². The van der Waals surface area contributed by atoms with E-state index < -0.39 is 0 Å². The second kappa shape index (κ2) is 5.78. The van der Waals surface area contributed by atoms with Crippen LogP contribution in [0, 0.1) is 0 Å². The van der Waals surface area contributed by atoms with Gasteiger partial charge in [-0.3, -0.25) is 4.79 Å². The first-order valence-corrected chi connectivity index (χ1v) is 6.61. The molecule has 2 aliphatic carbocycles. The normalized spacial score (nSPS) is 32.2. The minimum atomic E-state index is -0.270. The molecule has 2 unspecified atom stereocenters. The molecule has 0 aliphatic heterocycles. The average molecular weight is 226 g/mol. The number of hydrogen-bond donors (Lipinski definition) is 0. The van der Waals surface area contributed by atoms with E-state index in [1.807, 2.05) is 6.92 Å². The highest BCUT2D eigenvalue weighted by Crippen LogP contribution is 2.28. The number of Topliss-reactive ketones (excluding diaryl/α,β-unsaturated/α-hetero) is 1. The molecule has 2 fully saturated rings. The maximum absolute atomic E-state index is 11.3. The minimum absolute atomic E-state index is 0.0375. The van der Waals surface area contributed by atoms with E-state index in [4.69, 9.17) is 9.47 Å². The van der Waals surface area contributed by atoms with Crippen LogP contribution in [-0.2, 0) is 14.3 Å². The molecule has 2 rings (SSSR count). The molecule has 0 heterocycles. The van der Waals surface area contributed by atoms with Gasteiger partial charge in [0.25, 0.3) is 0 Å². The summed E-state index contributed by atoms with van der Waals surface area (Å²) >= 11 is 0. The highest BCUT2D eigenvalue weighted by Gasteiger charge is 2.42. The van der Waals surface area contributed by atoms with Gasteiger partial charge in [-0.1, -0.05) is 25.7 Å². The number of rotatable bonds is 4. The van der Waals surface area contributed by atoms with Gasteiger partial charge in [-0.15, -0.1) is 0 Å². The summed E-state index contributed by atoms with van der Waals surface area (Å²) in [4.78, 5) is 11.3. The lowest BCUT2D eigenvalue weighted by atomic mass is 9.89. The smallest absolute Gasteiger partial charge is 0.166 e. The Bertz CT molecular complexity index is 231. The lowest BCUT2D eigenvalue weighted by Gasteiger charge is -2.36. The molecule has 3 heteroatoms. The average Bonchev–Trinajstić information content (AvgIpc) is 2.54. The fourth-order valence-electron chi connectivity index (χ4n) is 2.59. The molecular formula is C13H22O3. The number of ketones is 1. The van der Waals surface area contributed by atoms with E-state index >= 15 is 0 Å². The third kappa shape index (κ3) is 2.83. The first-order valence-electron chi connectivity index (χ1n) is 6.61. The Morgan fingerprint density at radius 1 is 1.19 bits per heavy atom. The van der Waals surface area contributed by atoms with Gasteiger partial charge < -0.3 is 9.47 Å². The first kappa shape index (κ1) is 12.1. The van der Waals surface area contributed by atoms with Crippen LogP contribution in [0.5, 0.6) is 0 Å². The van der Waals surface area contributed by atoms with Gasteiger partial charge in [-0.05, 0) is 19.8 Å². The highest BCUT2D eigenvalue weighted by molar-refractivity contribution is 5.90. The van der Waals surface area contributed by atoms with Gasteiger partial charge in [-0.2, -0.15) is 0 Å². The van der Waals surface area contributed by atoms with Crippen molar-refractivity contribution in [1.29, 1.82) is 0 Å². The monoisotopic (exact) mass is 226 g/mol. The van der Waals surface area contributed by atoms with Crippen molar-refractivity contribution in [3.05, 3.63) is 0 Å². The topological polar surface area (TPSA) is 35.5 Å². The van der Waals surface area contributed by atoms with Crippen molar-refractivity contribution in [2.75, 3.05) is 6.61 Å². The lowest BCUT2D eigenvalue weighted by molar-refractivity contribution is -0.173. The van der Waals surface area contributed by atoms with Crippen LogP contribution in [0.4, 0.5) is 0 Å². The number of carbonyl (C=O) groups is 1. The molecule has 0 aromatic heterocycles. The molecule has 0 N–H and O–H groups in total. The Labute approximate surface area is 97.5 Å². The maximum Gasteiger partial charge on any atom is 0.166 e. The second-order valence-corrected chi connectivity index (χ2v) is 4.83. The van der Waals surface area contributed by atoms with Crippen LogP contribution in [-0.4, -0.2) is 30.7 Å². The van der Waals surface area contributed by atoms with Crippen LogP contribution in [0.3, 0.4) is 0 Å². The number of hydrogen-bond acceptors (Lipinski definition) is 3. The van der Waals surface area contributed by atoms with E-state index in [-0.39, 0.29) is 18.0 Å². The third-order valence-electron chi connectivity index (χ3n) is 3.57. The molecule has 0 aromatic carbocycles. The lowest BCUT2D eigenvalue weighted by Crippen LogP contribution is -2.51. The van der Waals surface area contributed by atoms with Gasteiger partial charge in [0.2, 0.25) is 0 Å². The molecule has 0 aromatic rings. The van der Waals surface area contributed by atoms with Crippen molar-refractivity contribution in [3.63, 3.8) is 0 Å². The predicted molar refractivity (Wildman–Crippen MR) is 61.4 cm³/mol. The zero-order valence-electron chi connectivity index (χ0n) is 10.1. The number of ether oxygens (including phenoxy) is 2. The Hall–Kier alpha value is -0.410. The van der Waals surface area contributed by atoms with E-state index in [2.05, 4.69) is 0 Å². The van der Waals surface area contributed by atoms with Crippen molar-refractivity contribution in [2.24, 2.45) is 0 Å². The van der Waals surface area contributed by atoms with E-state index in [9.17, 15) is 4.79 Å². The van der Waals surface area contributed by atoms with E-state index in [0.717, 1.165) is 12.8 Å². The zero-order chi connectivity index (χ0) is 11.4. The van der Waals surface area contributed by atoms with Crippen LogP contribution in [0.2, 0.25) is 0 Å². The van der Waals surface area contributed by atoms with Gasteiger partial charge in [0.1, 0.15) is 6.10 Å². The minimum Gasteiger partial charge on any atom is -0.371 e. The van der Waals surface area contributed by atoms with E-state index in [1.54, 1.807) is 0 Å². The Morgan fingerprint density at radius 3 is 2.44 bits per heavy atom. The number of carbonyl (C=O) groups excluding carboxylic acids is 1. The standard InChI is InChI=1S/C13H22O3/c1-2-15-13-11(14)9-12(13)16-10-7-5-3-4-6-8-10/h10,12-13H,2-9H2,1H3. The SMILES string of the molecule is CCOC1C(=O)CC1OC1CCCCCC1. The van der Waals surface area contributed by atoms with Crippen LogP contribution in [0.25, 0.3) is 0 Å². The third-order valence-corrected chi connectivity index (χ3v) is 3.57. The van der Waals surface area contributed by atoms with Crippen molar-refractivity contribution >= 4 is 5.78 Å². The Balaban J connectivity index is 1.77. The molecule has 0 amide bonds. The van der Waals surface area contributed by atoms with Crippen molar-refractivity contribution < 1.29 is 14.3 Å². The summed E-state index contributed by atoms with van der Waals surface area (Å²) in [6.45, 7) is 2.52. The molecule has 16 heavy (non-hydrogen) atoms. The van der Waals surface area contributed by atoms with Crippen molar-refractivity contribution in [1.82, 2.24) is 0 Å². The quantitative estimate of drug-likeness (QED) is 0.691. The van der Waals surface area contributed by atoms with E-state index in [0.29, 0.717) is 19.1 Å². The van der Waals surface area contributed by atoms with Crippen molar-refractivity contribution in [2.45, 2.75) is 70.2 Å². The van der Waals surface area contributed by atoms with E-state index in [1.165, 1.54) is 25.7 Å². The van der Waals surface area contributed by atoms with Crippen molar-refractivity contribution in [3.8, 4) is 0 Å². The first-order chi connectivity index (χ1) is 7.81. The summed E-state index contributed by atoms with van der Waals surface area (Å²) in [6, 6.07) is 0. The van der Waals surface area contributed by atoms with Crippen LogP contribution < -0.4 is 0 Å². The molecular weight excluding hydrogens is 204 g/mol. The summed E-state index contributed by atoms with van der Waals surface area (Å²) in [5.41, 5.74) is 0. The Kier molecular flexibility index (Phi) is 4.36. The summed E-state index contributed by atoms with van der Waals surface area (Å²) in [6.07, 6.45) is 8.20. The largest absolute Gasteiger partial charge is 0.371 e. The van der Waals surface area contributed by atoms with Crippen LogP contribution in [0.1, 0.15) is 51.9 Å².